The van der Waals surface area contributed by atoms with Crippen LogP contribution in [0.25, 0.3) is 0 Å². The van der Waals surface area contributed by atoms with Crippen molar-refractivity contribution in [3.05, 3.63) is 30.3 Å². The van der Waals surface area contributed by atoms with Crippen LogP contribution >= 0.6 is 0 Å². The van der Waals surface area contributed by atoms with Crippen LogP contribution in [0.4, 0.5) is 5.69 Å². The van der Waals surface area contributed by atoms with E-state index >= 15 is 0 Å². The van der Waals surface area contributed by atoms with Crippen LogP contribution in [-0.4, -0.2) is 36.2 Å². The van der Waals surface area contributed by atoms with Gasteiger partial charge in [0.1, 0.15) is 5.54 Å². The van der Waals surface area contributed by atoms with Gasteiger partial charge in [0.25, 0.3) is 0 Å². The number of para-hydroxylation sites is 1. The van der Waals surface area contributed by atoms with Crippen molar-refractivity contribution in [3.63, 3.8) is 0 Å². The van der Waals surface area contributed by atoms with E-state index < -0.39 is 5.54 Å². The second-order valence-corrected chi connectivity index (χ2v) is 5.00. The van der Waals surface area contributed by atoms with Crippen molar-refractivity contribution in [3.8, 4) is 0 Å². The number of amides is 1. The lowest BCUT2D eigenvalue weighted by atomic mass is 9.86. The number of benzene rings is 1. The highest BCUT2D eigenvalue weighted by Gasteiger charge is 2.49. The molecule has 0 saturated carbocycles. The van der Waals surface area contributed by atoms with E-state index in [0.29, 0.717) is 6.67 Å². The Bertz CT molecular complexity index is 440. The normalized spacial score (nSPS) is 23.4. The van der Waals surface area contributed by atoms with Crippen LogP contribution in [0.3, 0.4) is 0 Å². The Labute approximate surface area is 107 Å². The summed E-state index contributed by atoms with van der Waals surface area (Å²) in [5, 5.41) is 4.76. The van der Waals surface area contributed by atoms with Crippen LogP contribution in [0.2, 0.25) is 0 Å². The molecule has 3 N–H and O–H groups in total. The van der Waals surface area contributed by atoms with Gasteiger partial charge < -0.3 is 10.2 Å². The van der Waals surface area contributed by atoms with Gasteiger partial charge in [-0.1, -0.05) is 18.2 Å². The largest absolute Gasteiger partial charge is 0.339 e. The summed E-state index contributed by atoms with van der Waals surface area (Å²) >= 11 is 0. The van der Waals surface area contributed by atoms with E-state index in [1.165, 1.54) is 0 Å². The highest BCUT2D eigenvalue weighted by Crippen LogP contribution is 2.35. The number of carbonyl (C=O) groups is 1. The number of hydrogen-bond acceptors (Lipinski definition) is 4. The average molecular weight is 246 g/mol. The first kappa shape index (κ1) is 11.5. The van der Waals surface area contributed by atoms with Gasteiger partial charge in [0.2, 0.25) is 5.91 Å². The summed E-state index contributed by atoms with van der Waals surface area (Å²) in [6, 6.07) is 10.1. The first-order chi connectivity index (χ1) is 8.72. The highest BCUT2D eigenvalue weighted by atomic mass is 16.2. The van der Waals surface area contributed by atoms with Crippen molar-refractivity contribution >= 4 is 11.6 Å². The van der Waals surface area contributed by atoms with Gasteiger partial charge in [-0.05, 0) is 25.0 Å². The fourth-order valence-electron chi connectivity index (χ4n) is 2.93. The van der Waals surface area contributed by atoms with Gasteiger partial charge in [-0.25, -0.2) is 5.01 Å². The quantitative estimate of drug-likeness (QED) is 0.699. The molecule has 2 saturated heterocycles. The molecule has 1 aromatic carbocycles. The van der Waals surface area contributed by atoms with Crippen molar-refractivity contribution in [2.75, 3.05) is 24.7 Å². The molecule has 2 heterocycles. The van der Waals surface area contributed by atoms with E-state index in [4.69, 9.17) is 5.84 Å². The number of hydrazine groups is 1. The van der Waals surface area contributed by atoms with Gasteiger partial charge in [-0.2, -0.15) is 0 Å². The molecule has 0 aliphatic carbocycles. The Kier molecular flexibility index (Phi) is 2.72. The fourth-order valence-corrected chi connectivity index (χ4v) is 2.93. The van der Waals surface area contributed by atoms with Crippen molar-refractivity contribution in [1.82, 2.24) is 10.3 Å². The summed E-state index contributed by atoms with van der Waals surface area (Å²) in [6.07, 6.45) is 1.56. The molecular formula is C13H18N4O. The SMILES string of the molecule is NN1CCC2(CC1)C(=O)NCN2c1ccccc1. The number of rotatable bonds is 1. The Balaban J connectivity index is 1.93. The number of carbonyl (C=O) groups excluding carboxylic acids is 1. The molecule has 96 valence electrons. The Morgan fingerprint density at radius 2 is 1.83 bits per heavy atom. The molecule has 5 nitrogen and oxygen atoms in total. The van der Waals surface area contributed by atoms with E-state index in [2.05, 4.69) is 22.3 Å². The van der Waals surface area contributed by atoms with Crippen LogP contribution in [0, 0.1) is 0 Å². The summed E-state index contributed by atoms with van der Waals surface area (Å²) in [6.45, 7) is 2.11. The van der Waals surface area contributed by atoms with Gasteiger partial charge in [-0.15, -0.1) is 0 Å². The van der Waals surface area contributed by atoms with Crippen LogP contribution < -0.4 is 16.1 Å². The third kappa shape index (κ3) is 1.67. The molecule has 2 fully saturated rings. The highest BCUT2D eigenvalue weighted by molar-refractivity contribution is 5.93. The maximum absolute atomic E-state index is 12.2. The number of nitrogens with two attached hydrogens (primary N) is 1. The Morgan fingerprint density at radius 1 is 1.17 bits per heavy atom. The number of nitrogens with one attached hydrogen (secondary N) is 1. The predicted octanol–water partition coefficient (Wildman–Crippen LogP) is 0.289. The van der Waals surface area contributed by atoms with Gasteiger partial charge in [0, 0.05) is 18.8 Å². The van der Waals surface area contributed by atoms with Crippen LogP contribution in [0.1, 0.15) is 12.8 Å². The van der Waals surface area contributed by atoms with Gasteiger partial charge >= 0.3 is 0 Å². The van der Waals surface area contributed by atoms with Crippen molar-refractivity contribution in [2.45, 2.75) is 18.4 Å². The standard InChI is InChI=1S/C13H18N4O/c14-16-8-6-13(7-9-16)12(18)15-10-17(13)11-4-2-1-3-5-11/h1-5H,6-10,14H2,(H,15,18). The Hall–Kier alpha value is -1.59. The predicted molar refractivity (Wildman–Crippen MR) is 69.7 cm³/mol. The number of nitrogens with zero attached hydrogens (tertiary/aromatic N) is 2. The van der Waals surface area contributed by atoms with Crippen LogP contribution in [-0.2, 0) is 4.79 Å². The molecule has 3 rings (SSSR count). The lowest BCUT2D eigenvalue weighted by Gasteiger charge is -2.42. The van der Waals surface area contributed by atoms with Crippen LogP contribution in [0.5, 0.6) is 0 Å². The third-order valence-corrected chi connectivity index (χ3v) is 4.03. The number of hydrogen-bond donors (Lipinski definition) is 2. The molecule has 0 radical (unpaired) electrons. The second kappa shape index (κ2) is 4.26. The summed E-state index contributed by atoms with van der Waals surface area (Å²) < 4.78 is 0. The third-order valence-electron chi connectivity index (χ3n) is 4.03. The zero-order valence-corrected chi connectivity index (χ0v) is 10.3. The van der Waals surface area contributed by atoms with Crippen molar-refractivity contribution in [2.24, 2.45) is 5.84 Å². The minimum absolute atomic E-state index is 0.138. The van der Waals surface area contributed by atoms with E-state index in [1.807, 2.05) is 18.2 Å². The van der Waals surface area contributed by atoms with Crippen molar-refractivity contribution in [1.29, 1.82) is 0 Å². The average Bonchev–Trinajstić information content (AvgIpc) is 2.72. The molecular weight excluding hydrogens is 228 g/mol. The molecule has 1 spiro atoms. The topological polar surface area (TPSA) is 61.6 Å². The second-order valence-electron chi connectivity index (χ2n) is 5.00. The minimum Gasteiger partial charge on any atom is -0.339 e. The molecule has 18 heavy (non-hydrogen) atoms. The first-order valence-electron chi connectivity index (χ1n) is 6.33. The molecule has 0 aromatic heterocycles. The smallest absolute Gasteiger partial charge is 0.247 e. The summed E-state index contributed by atoms with van der Waals surface area (Å²) in [5.74, 6) is 5.94. The number of piperidine rings is 1. The van der Waals surface area contributed by atoms with E-state index in [0.717, 1.165) is 31.6 Å². The minimum atomic E-state index is -0.406. The Morgan fingerprint density at radius 3 is 2.50 bits per heavy atom. The van der Waals surface area contributed by atoms with Crippen molar-refractivity contribution < 1.29 is 4.79 Å². The molecule has 1 aromatic rings. The molecule has 2 aliphatic heterocycles. The lowest BCUT2D eigenvalue weighted by Crippen LogP contribution is -2.57. The van der Waals surface area contributed by atoms with E-state index in [-0.39, 0.29) is 5.91 Å². The van der Waals surface area contributed by atoms with Gasteiger partial charge in [-0.3, -0.25) is 10.6 Å². The first-order valence-corrected chi connectivity index (χ1v) is 6.33. The van der Waals surface area contributed by atoms with E-state index in [9.17, 15) is 4.79 Å². The molecule has 2 aliphatic rings. The molecule has 0 atom stereocenters. The maximum atomic E-state index is 12.2. The van der Waals surface area contributed by atoms with Gasteiger partial charge in [0.15, 0.2) is 0 Å². The lowest BCUT2D eigenvalue weighted by molar-refractivity contribution is -0.125. The zero-order valence-electron chi connectivity index (χ0n) is 10.3. The zero-order chi connectivity index (χ0) is 12.6. The molecule has 1 amide bonds. The molecule has 5 heteroatoms. The number of anilines is 1. The summed E-state index contributed by atoms with van der Waals surface area (Å²) in [5.41, 5.74) is 0.693. The summed E-state index contributed by atoms with van der Waals surface area (Å²) in [4.78, 5) is 14.4. The van der Waals surface area contributed by atoms with E-state index in [1.54, 1.807) is 5.01 Å². The summed E-state index contributed by atoms with van der Waals surface area (Å²) in [7, 11) is 0. The monoisotopic (exact) mass is 246 g/mol. The molecule has 0 unspecified atom stereocenters. The maximum Gasteiger partial charge on any atom is 0.247 e. The van der Waals surface area contributed by atoms with Gasteiger partial charge in [0.05, 0.1) is 6.67 Å². The molecule has 0 bridgehead atoms. The fraction of sp³-hybridized carbons (Fsp3) is 0.462. The van der Waals surface area contributed by atoms with Crippen LogP contribution in [0.15, 0.2) is 30.3 Å².